The van der Waals surface area contributed by atoms with E-state index in [-0.39, 0.29) is 22.4 Å². The number of hydrogen-bond donors (Lipinski definition) is 2. The van der Waals surface area contributed by atoms with Crippen LogP contribution in [-0.4, -0.2) is 36.1 Å². The Labute approximate surface area is 119 Å². The molecule has 0 saturated carbocycles. The van der Waals surface area contributed by atoms with Crippen molar-refractivity contribution in [1.29, 1.82) is 0 Å². The molecule has 9 heteroatoms. The van der Waals surface area contributed by atoms with Gasteiger partial charge < -0.3 is 4.74 Å². The SMILES string of the molecule is CCOC(C)CNS(=O)(=O)c1cccc(S(N)(=O)=O)c1. The van der Waals surface area contributed by atoms with Crippen LogP contribution in [0.3, 0.4) is 0 Å². The molecule has 0 aliphatic carbocycles. The molecule has 0 aromatic heterocycles. The van der Waals surface area contributed by atoms with Crippen LogP contribution in [0.4, 0.5) is 0 Å². The van der Waals surface area contributed by atoms with Gasteiger partial charge in [-0.1, -0.05) is 6.07 Å². The van der Waals surface area contributed by atoms with E-state index in [9.17, 15) is 16.8 Å². The van der Waals surface area contributed by atoms with Gasteiger partial charge in [-0.05, 0) is 32.0 Å². The summed E-state index contributed by atoms with van der Waals surface area (Å²) in [6, 6.07) is 4.86. The van der Waals surface area contributed by atoms with Crippen molar-refractivity contribution < 1.29 is 21.6 Å². The number of rotatable bonds is 7. The molecule has 0 fully saturated rings. The van der Waals surface area contributed by atoms with Crippen LogP contribution in [0.2, 0.25) is 0 Å². The second-order valence-electron chi connectivity index (χ2n) is 4.14. The molecule has 0 radical (unpaired) electrons. The normalized spacial score (nSPS) is 14.2. The summed E-state index contributed by atoms with van der Waals surface area (Å²) in [5.74, 6) is 0. The van der Waals surface area contributed by atoms with Gasteiger partial charge in [-0.2, -0.15) is 0 Å². The Morgan fingerprint density at radius 2 is 1.85 bits per heavy atom. The van der Waals surface area contributed by atoms with Gasteiger partial charge in [0.15, 0.2) is 0 Å². The van der Waals surface area contributed by atoms with Crippen LogP contribution in [0.5, 0.6) is 0 Å². The molecular formula is C11H18N2O5S2. The van der Waals surface area contributed by atoms with E-state index < -0.39 is 20.0 Å². The van der Waals surface area contributed by atoms with Crippen LogP contribution < -0.4 is 9.86 Å². The van der Waals surface area contributed by atoms with Crippen LogP contribution in [-0.2, 0) is 24.8 Å². The molecule has 0 amide bonds. The second-order valence-corrected chi connectivity index (χ2v) is 7.47. The monoisotopic (exact) mass is 322 g/mol. The Kier molecular flexibility index (Phi) is 5.66. The highest BCUT2D eigenvalue weighted by atomic mass is 32.2. The number of ether oxygens (including phenoxy) is 1. The van der Waals surface area contributed by atoms with Gasteiger partial charge in [0.25, 0.3) is 0 Å². The largest absolute Gasteiger partial charge is 0.377 e. The van der Waals surface area contributed by atoms with Crippen molar-refractivity contribution in [1.82, 2.24) is 4.72 Å². The molecule has 0 spiro atoms. The Morgan fingerprint density at radius 1 is 1.25 bits per heavy atom. The van der Waals surface area contributed by atoms with Crippen molar-refractivity contribution >= 4 is 20.0 Å². The highest BCUT2D eigenvalue weighted by molar-refractivity contribution is 7.90. The van der Waals surface area contributed by atoms with Gasteiger partial charge in [0, 0.05) is 13.2 Å². The van der Waals surface area contributed by atoms with Gasteiger partial charge in [0.05, 0.1) is 15.9 Å². The van der Waals surface area contributed by atoms with E-state index in [0.29, 0.717) is 6.61 Å². The zero-order valence-corrected chi connectivity index (χ0v) is 12.9. The first-order valence-corrected chi connectivity index (χ1v) is 8.94. The quantitative estimate of drug-likeness (QED) is 0.735. The van der Waals surface area contributed by atoms with Gasteiger partial charge in [0.1, 0.15) is 0 Å². The minimum absolute atomic E-state index is 0.0930. The van der Waals surface area contributed by atoms with Crippen molar-refractivity contribution in [3.63, 3.8) is 0 Å². The van der Waals surface area contributed by atoms with Crippen LogP contribution in [0.1, 0.15) is 13.8 Å². The standard InChI is InChI=1S/C11H18N2O5S2/c1-3-18-9(2)8-13-20(16,17)11-6-4-5-10(7-11)19(12,14)15/h4-7,9,13H,3,8H2,1-2H3,(H2,12,14,15). The summed E-state index contributed by atoms with van der Waals surface area (Å²) in [7, 11) is -7.75. The van der Waals surface area contributed by atoms with E-state index in [1.165, 1.54) is 18.2 Å². The molecule has 114 valence electrons. The van der Waals surface area contributed by atoms with Crippen LogP contribution in [0.15, 0.2) is 34.1 Å². The lowest BCUT2D eigenvalue weighted by molar-refractivity contribution is 0.0799. The fourth-order valence-corrected chi connectivity index (χ4v) is 3.27. The van der Waals surface area contributed by atoms with Gasteiger partial charge >= 0.3 is 0 Å². The van der Waals surface area contributed by atoms with Crippen molar-refractivity contribution in [2.75, 3.05) is 13.2 Å². The summed E-state index contributed by atoms with van der Waals surface area (Å²) >= 11 is 0. The third-order valence-corrected chi connectivity index (χ3v) is 4.79. The number of primary sulfonamides is 1. The Balaban J connectivity index is 2.94. The van der Waals surface area contributed by atoms with E-state index >= 15 is 0 Å². The first-order chi connectivity index (χ1) is 9.16. The van der Waals surface area contributed by atoms with Gasteiger partial charge in [-0.25, -0.2) is 26.7 Å². The van der Waals surface area contributed by atoms with Gasteiger partial charge in [-0.15, -0.1) is 0 Å². The number of nitrogens with two attached hydrogens (primary N) is 1. The summed E-state index contributed by atoms with van der Waals surface area (Å²) in [4.78, 5) is -0.411. The lowest BCUT2D eigenvalue weighted by atomic mass is 10.4. The van der Waals surface area contributed by atoms with Gasteiger partial charge in [0.2, 0.25) is 20.0 Å². The predicted molar refractivity (Wildman–Crippen MR) is 74.1 cm³/mol. The molecule has 20 heavy (non-hydrogen) atoms. The van der Waals surface area contributed by atoms with Crippen molar-refractivity contribution in [2.45, 2.75) is 29.7 Å². The smallest absolute Gasteiger partial charge is 0.240 e. The third-order valence-electron chi connectivity index (χ3n) is 2.46. The fraction of sp³-hybridized carbons (Fsp3) is 0.455. The highest BCUT2D eigenvalue weighted by Gasteiger charge is 2.18. The Bertz CT molecular complexity index is 655. The summed E-state index contributed by atoms with van der Waals surface area (Å²) in [6.07, 6.45) is -0.281. The molecule has 1 aromatic carbocycles. The van der Waals surface area contributed by atoms with Crippen LogP contribution in [0.25, 0.3) is 0 Å². The van der Waals surface area contributed by atoms with E-state index in [1.807, 2.05) is 0 Å². The average Bonchev–Trinajstić information content (AvgIpc) is 2.36. The van der Waals surface area contributed by atoms with Crippen LogP contribution in [0, 0.1) is 0 Å². The second kappa shape index (κ2) is 6.64. The molecule has 1 unspecified atom stereocenters. The van der Waals surface area contributed by atoms with E-state index in [4.69, 9.17) is 9.88 Å². The van der Waals surface area contributed by atoms with Crippen molar-refractivity contribution in [3.8, 4) is 0 Å². The van der Waals surface area contributed by atoms with Crippen molar-refractivity contribution in [2.24, 2.45) is 5.14 Å². The van der Waals surface area contributed by atoms with E-state index in [0.717, 1.165) is 6.07 Å². The summed E-state index contributed by atoms with van der Waals surface area (Å²) in [5, 5.41) is 4.97. The molecule has 0 bridgehead atoms. The molecule has 0 aliphatic heterocycles. The molecule has 7 nitrogen and oxygen atoms in total. The average molecular weight is 322 g/mol. The molecule has 0 aliphatic rings. The lowest BCUT2D eigenvalue weighted by Gasteiger charge is -2.13. The number of benzene rings is 1. The molecule has 0 saturated heterocycles. The molecular weight excluding hydrogens is 304 g/mol. The highest BCUT2D eigenvalue weighted by Crippen LogP contribution is 2.14. The topological polar surface area (TPSA) is 116 Å². The lowest BCUT2D eigenvalue weighted by Crippen LogP contribution is -2.32. The maximum Gasteiger partial charge on any atom is 0.240 e. The summed E-state index contributed by atoms with van der Waals surface area (Å²) in [5.41, 5.74) is 0. The molecule has 3 N–H and O–H groups in total. The minimum atomic E-state index is -3.94. The number of hydrogen-bond acceptors (Lipinski definition) is 5. The third kappa shape index (κ3) is 4.84. The zero-order chi connectivity index (χ0) is 15.4. The first-order valence-electron chi connectivity index (χ1n) is 5.91. The fourth-order valence-electron chi connectivity index (χ4n) is 1.47. The Hall–Kier alpha value is -1.00. The molecule has 1 rings (SSSR count). The molecule has 1 aromatic rings. The number of nitrogens with one attached hydrogen (secondary N) is 1. The minimum Gasteiger partial charge on any atom is -0.377 e. The molecule has 0 heterocycles. The predicted octanol–water partition coefficient (Wildman–Crippen LogP) is 0.0373. The zero-order valence-electron chi connectivity index (χ0n) is 11.2. The van der Waals surface area contributed by atoms with Crippen LogP contribution >= 0.6 is 0 Å². The maximum absolute atomic E-state index is 12.0. The first kappa shape index (κ1) is 17.1. The summed E-state index contributed by atoms with van der Waals surface area (Å²) < 4.78 is 54.0. The van der Waals surface area contributed by atoms with Crippen molar-refractivity contribution in [3.05, 3.63) is 24.3 Å². The number of sulfonamides is 2. The van der Waals surface area contributed by atoms with Gasteiger partial charge in [-0.3, -0.25) is 0 Å². The maximum atomic E-state index is 12.0. The molecule has 1 atom stereocenters. The summed E-state index contributed by atoms with van der Waals surface area (Å²) in [6.45, 7) is 4.10. The van der Waals surface area contributed by atoms with E-state index in [2.05, 4.69) is 4.72 Å². The Morgan fingerprint density at radius 3 is 2.40 bits per heavy atom. The van der Waals surface area contributed by atoms with E-state index in [1.54, 1.807) is 13.8 Å².